The van der Waals surface area contributed by atoms with Crippen molar-refractivity contribution in [2.24, 2.45) is 5.92 Å². The van der Waals surface area contributed by atoms with Gasteiger partial charge in [0.1, 0.15) is 5.75 Å². The van der Waals surface area contributed by atoms with Crippen LogP contribution in [0.1, 0.15) is 36.9 Å². The van der Waals surface area contributed by atoms with Crippen molar-refractivity contribution >= 4 is 17.5 Å². The van der Waals surface area contributed by atoms with Gasteiger partial charge in [-0.2, -0.15) is 0 Å². The quantitative estimate of drug-likeness (QED) is 0.798. The van der Waals surface area contributed by atoms with Crippen LogP contribution in [0, 0.1) is 5.92 Å². The number of nitrogens with one attached hydrogen (secondary N) is 1. The van der Waals surface area contributed by atoms with Gasteiger partial charge in [-0.3, -0.25) is 9.69 Å². The first-order valence-corrected chi connectivity index (χ1v) is 9.84. The molecule has 4 nitrogen and oxygen atoms in total. The average Bonchev–Trinajstić information content (AvgIpc) is 2.70. The number of likely N-dealkylation sites (tertiary alicyclic amines) is 1. The van der Waals surface area contributed by atoms with Gasteiger partial charge in [0.25, 0.3) is 0 Å². The molecule has 1 atom stereocenters. The molecule has 0 saturated carbocycles. The number of amides is 1. The zero-order valence-corrected chi connectivity index (χ0v) is 16.7. The van der Waals surface area contributed by atoms with Gasteiger partial charge in [0.05, 0.1) is 13.2 Å². The number of hydrogen-bond acceptors (Lipinski definition) is 3. The van der Waals surface area contributed by atoms with Gasteiger partial charge in [0, 0.05) is 17.5 Å². The Kier molecular flexibility index (Phi) is 6.75. The Labute approximate surface area is 166 Å². The van der Waals surface area contributed by atoms with E-state index >= 15 is 0 Å². The second kappa shape index (κ2) is 9.25. The van der Waals surface area contributed by atoms with E-state index in [-0.39, 0.29) is 17.9 Å². The summed E-state index contributed by atoms with van der Waals surface area (Å²) in [6.07, 6.45) is 1.80. The molecule has 0 spiro atoms. The molecular weight excluding hydrogens is 360 g/mol. The molecule has 1 fully saturated rings. The van der Waals surface area contributed by atoms with Crippen molar-refractivity contribution in [3.63, 3.8) is 0 Å². The summed E-state index contributed by atoms with van der Waals surface area (Å²) in [5.74, 6) is 1.07. The summed E-state index contributed by atoms with van der Waals surface area (Å²) in [5.41, 5.74) is 2.35. The van der Waals surface area contributed by atoms with Crippen molar-refractivity contribution in [2.45, 2.75) is 32.4 Å². The van der Waals surface area contributed by atoms with Crippen LogP contribution in [0.5, 0.6) is 5.75 Å². The van der Waals surface area contributed by atoms with Crippen LogP contribution in [0.2, 0.25) is 5.02 Å². The van der Waals surface area contributed by atoms with E-state index in [0.29, 0.717) is 0 Å². The first kappa shape index (κ1) is 19.7. The van der Waals surface area contributed by atoms with Crippen molar-refractivity contribution in [1.29, 1.82) is 0 Å². The molecule has 1 heterocycles. The Morgan fingerprint density at radius 1 is 1.15 bits per heavy atom. The van der Waals surface area contributed by atoms with E-state index in [0.717, 1.165) is 48.8 Å². The summed E-state index contributed by atoms with van der Waals surface area (Å²) in [7, 11) is 1.65. The van der Waals surface area contributed by atoms with Gasteiger partial charge in [0.2, 0.25) is 5.91 Å². The normalized spacial score (nSPS) is 16.7. The van der Waals surface area contributed by atoms with Gasteiger partial charge in [-0.1, -0.05) is 35.9 Å². The lowest BCUT2D eigenvalue weighted by atomic mass is 9.95. The van der Waals surface area contributed by atoms with E-state index in [9.17, 15) is 4.79 Å². The number of carbonyl (C=O) groups excluding carboxylic acids is 1. The summed E-state index contributed by atoms with van der Waals surface area (Å²) >= 11 is 5.94. The smallest absolute Gasteiger partial charge is 0.223 e. The summed E-state index contributed by atoms with van der Waals surface area (Å²) in [4.78, 5) is 15.0. The van der Waals surface area contributed by atoms with Crippen molar-refractivity contribution in [1.82, 2.24) is 10.2 Å². The van der Waals surface area contributed by atoms with Crippen LogP contribution in [-0.2, 0) is 11.3 Å². The molecule has 5 heteroatoms. The number of ether oxygens (including phenoxy) is 1. The summed E-state index contributed by atoms with van der Waals surface area (Å²) in [6, 6.07) is 15.8. The first-order valence-electron chi connectivity index (χ1n) is 9.46. The number of nitrogens with zero attached hydrogens (tertiary/aromatic N) is 1. The maximum atomic E-state index is 12.6. The highest BCUT2D eigenvalue weighted by Crippen LogP contribution is 2.22. The van der Waals surface area contributed by atoms with Crippen LogP contribution in [0.4, 0.5) is 0 Å². The first-order chi connectivity index (χ1) is 13.0. The molecule has 0 aliphatic carbocycles. The molecule has 1 saturated heterocycles. The number of hydrogen-bond donors (Lipinski definition) is 1. The number of halogens is 1. The van der Waals surface area contributed by atoms with Crippen molar-refractivity contribution in [2.75, 3.05) is 20.2 Å². The summed E-state index contributed by atoms with van der Waals surface area (Å²) in [6.45, 7) is 4.82. The molecular formula is C22H27ClN2O2. The minimum Gasteiger partial charge on any atom is -0.497 e. The molecule has 1 aliphatic heterocycles. The van der Waals surface area contributed by atoms with Crippen LogP contribution in [-0.4, -0.2) is 31.0 Å². The van der Waals surface area contributed by atoms with Gasteiger partial charge in [-0.05, 0) is 68.2 Å². The molecule has 0 aromatic heterocycles. The predicted octanol–water partition coefficient (Wildman–Crippen LogP) is 4.44. The molecule has 1 amide bonds. The number of benzene rings is 2. The predicted molar refractivity (Wildman–Crippen MR) is 109 cm³/mol. The van der Waals surface area contributed by atoms with E-state index < -0.39 is 0 Å². The number of rotatable bonds is 6. The Morgan fingerprint density at radius 3 is 2.37 bits per heavy atom. The fraction of sp³-hybridized carbons (Fsp3) is 0.409. The average molecular weight is 387 g/mol. The van der Waals surface area contributed by atoms with Crippen LogP contribution < -0.4 is 10.1 Å². The highest BCUT2D eigenvalue weighted by atomic mass is 35.5. The lowest BCUT2D eigenvalue weighted by molar-refractivity contribution is -0.127. The van der Waals surface area contributed by atoms with Crippen LogP contribution in [0.3, 0.4) is 0 Å². The van der Waals surface area contributed by atoms with E-state index in [4.69, 9.17) is 16.3 Å². The molecule has 1 aliphatic rings. The van der Waals surface area contributed by atoms with E-state index in [1.54, 1.807) is 7.11 Å². The SMILES string of the molecule is COc1ccc(C(C)NC(=O)C2CCN(Cc3ccc(Cl)cc3)CC2)cc1. The maximum Gasteiger partial charge on any atom is 0.223 e. The Bertz CT molecular complexity index is 738. The molecule has 2 aromatic rings. The number of piperidine rings is 1. The van der Waals surface area contributed by atoms with Crippen LogP contribution in [0.25, 0.3) is 0 Å². The molecule has 0 bridgehead atoms. The highest BCUT2D eigenvalue weighted by molar-refractivity contribution is 6.30. The lowest BCUT2D eigenvalue weighted by Crippen LogP contribution is -2.40. The molecule has 1 unspecified atom stereocenters. The second-order valence-corrected chi connectivity index (χ2v) is 7.62. The van der Waals surface area contributed by atoms with Crippen molar-refractivity contribution in [3.05, 3.63) is 64.7 Å². The summed E-state index contributed by atoms with van der Waals surface area (Å²) in [5, 5.41) is 3.93. The van der Waals surface area contributed by atoms with Crippen LogP contribution >= 0.6 is 11.6 Å². The second-order valence-electron chi connectivity index (χ2n) is 7.18. The number of carbonyl (C=O) groups is 1. The van der Waals surface area contributed by atoms with E-state index in [1.807, 2.05) is 43.3 Å². The van der Waals surface area contributed by atoms with E-state index in [1.165, 1.54) is 5.56 Å². The fourth-order valence-electron chi connectivity index (χ4n) is 3.51. The van der Waals surface area contributed by atoms with Gasteiger partial charge >= 0.3 is 0 Å². The maximum absolute atomic E-state index is 12.6. The third-order valence-corrected chi connectivity index (χ3v) is 5.50. The molecule has 2 aromatic carbocycles. The molecule has 3 rings (SSSR count). The molecule has 0 radical (unpaired) electrons. The van der Waals surface area contributed by atoms with Crippen LogP contribution in [0.15, 0.2) is 48.5 Å². The molecule has 27 heavy (non-hydrogen) atoms. The minimum atomic E-state index is -0.00416. The summed E-state index contributed by atoms with van der Waals surface area (Å²) < 4.78 is 5.19. The van der Waals surface area contributed by atoms with Gasteiger partial charge < -0.3 is 10.1 Å². The molecule has 1 N–H and O–H groups in total. The lowest BCUT2D eigenvalue weighted by Gasteiger charge is -2.32. The number of methoxy groups -OCH3 is 1. The minimum absolute atomic E-state index is 0.00416. The topological polar surface area (TPSA) is 41.6 Å². The zero-order valence-electron chi connectivity index (χ0n) is 16.0. The monoisotopic (exact) mass is 386 g/mol. The van der Waals surface area contributed by atoms with Crippen molar-refractivity contribution in [3.8, 4) is 5.75 Å². The van der Waals surface area contributed by atoms with Crippen molar-refractivity contribution < 1.29 is 9.53 Å². The third kappa shape index (κ3) is 5.47. The van der Waals surface area contributed by atoms with Gasteiger partial charge in [0.15, 0.2) is 0 Å². The van der Waals surface area contributed by atoms with Gasteiger partial charge in [-0.25, -0.2) is 0 Å². The Morgan fingerprint density at radius 2 is 1.78 bits per heavy atom. The Balaban J connectivity index is 1.46. The molecule has 144 valence electrons. The highest BCUT2D eigenvalue weighted by Gasteiger charge is 2.26. The largest absolute Gasteiger partial charge is 0.497 e. The standard InChI is InChI=1S/C22H27ClN2O2/c1-16(18-5-9-21(27-2)10-6-18)24-22(26)19-11-13-25(14-12-19)15-17-3-7-20(23)8-4-17/h3-10,16,19H,11-15H2,1-2H3,(H,24,26). The Hall–Kier alpha value is -2.04. The fourth-order valence-corrected chi connectivity index (χ4v) is 3.63. The van der Waals surface area contributed by atoms with Gasteiger partial charge in [-0.15, -0.1) is 0 Å². The van der Waals surface area contributed by atoms with E-state index in [2.05, 4.69) is 22.3 Å². The third-order valence-electron chi connectivity index (χ3n) is 5.25. The zero-order chi connectivity index (χ0) is 19.2.